The molecule has 0 radical (unpaired) electrons. The number of benzene rings is 1. The summed E-state index contributed by atoms with van der Waals surface area (Å²) in [5.41, 5.74) is 3.56. The lowest BCUT2D eigenvalue weighted by molar-refractivity contribution is 0.578. The van der Waals surface area contributed by atoms with E-state index in [1.54, 1.807) is 0 Å². The van der Waals surface area contributed by atoms with Crippen molar-refractivity contribution in [1.29, 1.82) is 0 Å². The van der Waals surface area contributed by atoms with Crippen molar-refractivity contribution in [3.8, 4) is 0 Å². The number of aromatic nitrogens is 2. The second-order valence-corrected chi connectivity index (χ2v) is 5.25. The Hall–Kier alpha value is -2.30. The van der Waals surface area contributed by atoms with E-state index in [0.717, 1.165) is 12.5 Å². The van der Waals surface area contributed by atoms with E-state index in [9.17, 15) is 0 Å². The summed E-state index contributed by atoms with van der Waals surface area (Å²) in [7, 11) is 5.94. The molecule has 1 N–H and O–H groups in total. The molecule has 0 saturated carbocycles. The van der Waals surface area contributed by atoms with E-state index in [4.69, 9.17) is 0 Å². The Balaban J connectivity index is 2.00. The molecule has 0 aliphatic carbocycles. The van der Waals surface area contributed by atoms with Crippen molar-refractivity contribution in [2.75, 3.05) is 14.1 Å². The van der Waals surface area contributed by atoms with Crippen LogP contribution >= 0.6 is 0 Å². The summed E-state index contributed by atoms with van der Waals surface area (Å²) >= 11 is 0. The molecule has 0 spiro atoms. The van der Waals surface area contributed by atoms with Crippen LogP contribution in [0.1, 0.15) is 16.8 Å². The summed E-state index contributed by atoms with van der Waals surface area (Å²) in [6, 6.07) is 10.3. The first-order chi connectivity index (χ1) is 10.1. The molecule has 2 rings (SSSR count). The minimum Gasteiger partial charge on any atom is -0.352 e. The SMILES string of the molecule is Cc1c(CNC(=NCc2ccccc2)N(C)C)cnn1C. The predicted molar refractivity (Wildman–Crippen MR) is 86.1 cm³/mol. The van der Waals surface area contributed by atoms with Crippen LogP contribution in [0.2, 0.25) is 0 Å². The quantitative estimate of drug-likeness (QED) is 0.690. The van der Waals surface area contributed by atoms with Crippen LogP contribution in [0, 0.1) is 6.92 Å². The highest BCUT2D eigenvalue weighted by Gasteiger charge is 2.06. The average Bonchev–Trinajstić information content (AvgIpc) is 2.80. The molecule has 0 saturated heterocycles. The van der Waals surface area contributed by atoms with Crippen molar-refractivity contribution in [3.63, 3.8) is 0 Å². The minimum atomic E-state index is 0.674. The third-order valence-corrected chi connectivity index (χ3v) is 3.45. The van der Waals surface area contributed by atoms with Crippen LogP contribution in [-0.2, 0) is 20.1 Å². The fourth-order valence-corrected chi connectivity index (χ4v) is 2.00. The van der Waals surface area contributed by atoms with Crippen LogP contribution in [0.25, 0.3) is 0 Å². The van der Waals surface area contributed by atoms with Crippen LogP contribution in [0.4, 0.5) is 0 Å². The molecule has 0 atom stereocenters. The molecule has 0 unspecified atom stereocenters. The van der Waals surface area contributed by atoms with Gasteiger partial charge in [-0.3, -0.25) is 4.68 Å². The zero-order valence-corrected chi connectivity index (χ0v) is 13.2. The Morgan fingerprint density at radius 3 is 2.57 bits per heavy atom. The van der Waals surface area contributed by atoms with Crippen LogP contribution in [0.5, 0.6) is 0 Å². The van der Waals surface area contributed by atoms with Gasteiger partial charge in [0, 0.05) is 38.9 Å². The molecule has 2 aromatic rings. The van der Waals surface area contributed by atoms with Gasteiger partial charge < -0.3 is 10.2 Å². The lowest BCUT2D eigenvalue weighted by Crippen LogP contribution is -2.36. The highest BCUT2D eigenvalue weighted by molar-refractivity contribution is 5.79. The summed E-state index contributed by atoms with van der Waals surface area (Å²) in [6.07, 6.45) is 1.90. The number of rotatable bonds is 4. The number of hydrogen-bond donors (Lipinski definition) is 1. The Morgan fingerprint density at radius 2 is 2.00 bits per heavy atom. The van der Waals surface area contributed by atoms with Gasteiger partial charge in [0.25, 0.3) is 0 Å². The standard InChI is InChI=1S/C16H23N5/c1-13-15(12-19-21(13)4)11-18-16(20(2)3)17-10-14-8-6-5-7-9-14/h5-9,12H,10-11H2,1-4H3,(H,17,18). The first-order valence-corrected chi connectivity index (χ1v) is 7.05. The van der Waals surface area contributed by atoms with E-state index in [2.05, 4.69) is 34.5 Å². The van der Waals surface area contributed by atoms with Gasteiger partial charge in [-0.25, -0.2) is 4.99 Å². The largest absolute Gasteiger partial charge is 0.352 e. The zero-order chi connectivity index (χ0) is 15.2. The van der Waals surface area contributed by atoms with Gasteiger partial charge in [0.15, 0.2) is 5.96 Å². The van der Waals surface area contributed by atoms with Gasteiger partial charge in [-0.05, 0) is 12.5 Å². The topological polar surface area (TPSA) is 45.5 Å². The molecule has 21 heavy (non-hydrogen) atoms. The summed E-state index contributed by atoms with van der Waals surface area (Å²) in [4.78, 5) is 6.64. The number of nitrogens with one attached hydrogen (secondary N) is 1. The summed E-state index contributed by atoms with van der Waals surface area (Å²) in [6.45, 7) is 3.47. The summed E-state index contributed by atoms with van der Waals surface area (Å²) in [5, 5.41) is 7.64. The monoisotopic (exact) mass is 285 g/mol. The van der Waals surface area contributed by atoms with Gasteiger partial charge in [0.2, 0.25) is 0 Å². The summed E-state index contributed by atoms with van der Waals surface area (Å²) < 4.78 is 1.88. The van der Waals surface area contributed by atoms with Crippen LogP contribution < -0.4 is 5.32 Å². The second-order valence-electron chi connectivity index (χ2n) is 5.25. The van der Waals surface area contributed by atoms with Crippen molar-refractivity contribution in [1.82, 2.24) is 20.0 Å². The fourth-order valence-electron chi connectivity index (χ4n) is 2.00. The molecule has 112 valence electrons. The van der Waals surface area contributed by atoms with Gasteiger partial charge in [-0.2, -0.15) is 5.10 Å². The lowest BCUT2D eigenvalue weighted by atomic mass is 10.2. The van der Waals surface area contributed by atoms with Gasteiger partial charge in [-0.1, -0.05) is 30.3 Å². The fraction of sp³-hybridized carbons (Fsp3) is 0.375. The predicted octanol–water partition coefficient (Wildman–Crippen LogP) is 1.94. The number of hydrogen-bond acceptors (Lipinski definition) is 2. The van der Waals surface area contributed by atoms with Gasteiger partial charge >= 0.3 is 0 Å². The zero-order valence-electron chi connectivity index (χ0n) is 13.2. The summed E-state index contributed by atoms with van der Waals surface area (Å²) in [5.74, 6) is 0.877. The molecule has 0 amide bonds. The van der Waals surface area contributed by atoms with E-state index in [-0.39, 0.29) is 0 Å². The molecule has 0 fully saturated rings. The van der Waals surface area contributed by atoms with Crippen molar-refractivity contribution < 1.29 is 0 Å². The van der Waals surface area contributed by atoms with E-state index in [1.807, 2.05) is 55.1 Å². The molecule has 5 nitrogen and oxygen atoms in total. The third-order valence-electron chi connectivity index (χ3n) is 3.45. The smallest absolute Gasteiger partial charge is 0.194 e. The van der Waals surface area contributed by atoms with E-state index in [0.29, 0.717) is 6.54 Å². The molecular weight excluding hydrogens is 262 g/mol. The van der Waals surface area contributed by atoms with Crippen LogP contribution in [0.3, 0.4) is 0 Å². The van der Waals surface area contributed by atoms with Gasteiger partial charge in [0.1, 0.15) is 0 Å². The molecule has 1 heterocycles. The van der Waals surface area contributed by atoms with Crippen molar-refractivity contribution >= 4 is 5.96 Å². The maximum absolute atomic E-state index is 4.65. The van der Waals surface area contributed by atoms with E-state index < -0.39 is 0 Å². The first-order valence-electron chi connectivity index (χ1n) is 7.05. The first kappa shape index (κ1) is 15.1. The van der Waals surface area contributed by atoms with Gasteiger partial charge in [-0.15, -0.1) is 0 Å². The maximum Gasteiger partial charge on any atom is 0.194 e. The average molecular weight is 285 g/mol. The molecule has 0 aliphatic rings. The second kappa shape index (κ2) is 6.92. The Bertz CT molecular complexity index is 598. The van der Waals surface area contributed by atoms with Crippen molar-refractivity contribution in [2.24, 2.45) is 12.0 Å². The number of guanidine groups is 1. The maximum atomic E-state index is 4.65. The van der Waals surface area contributed by atoms with Crippen molar-refractivity contribution in [2.45, 2.75) is 20.0 Å². The molecule has 1 aromatic heterocycles. The van der Waals surface area contributed by atoms with E-state index >= 15 is 0 Å². The molecule has 1 aromatic carbocycles. The number of aliphatic imine (C=N–C) groups is 1. The minimum absolute atomic E-state index is 0.674. The molecular formula is C16H23N5. The molecule has 0 aliphatic heterocycles. The molecule has 5 heteroatoms. The van der Waals surface area contributed by atoms with Crippen LogP contribution in [-0.4, -0.2) is 34.7 Å². The molecule has 0 bridgehead atoms. The number of nitrogens with zero attached hydrogens (tertiary/aromatic N) is 4. The highest BCUT2D eigenvalue weighted by Crippen LogP contribution is 2.05. The lowest BCUT2D eigenvalue weighted by Gasteiger charge is -2.17. The normalized spacial score (nSPS) is 11.5. The Kier molecular flexibility index (Phi) is 4.98. The number of aryl methyl sites for hydroxylation is 1. The van der Waals surface area contributed by atoms with Gasteiger partial charge in [0.05, 0.1) is 12.7 Å². The Morgan fingerprint density at radius 1 is 1.29 bits per heavy atom. The Labute approximate surface area is 126 Å². The van der Waals surface area contributed by atoms with Crippen LogP contribution in [0.15, 0.2) is 41.5 Å². The highest BCUT2D eigenvalue weighted by atomic mass is 15.3. The van der Waals surface area contributed by atoms with Crippen molar-refractivity contribution in [3.05, 3.63) is 53.3 Å². The van der Waals surface area contributed by atoms with E-state index in [1.165, 1.54) is 16.8 Å². The third kappa shape index (κ3) is 4.08.